The van der Waals surface area contributed by atoms with Crippen molar-refractivity contribution in [1.29, 1.82) is 0 Å². The van der Waals surface area contributed by atoms with Crippen LogP contribution >= 0.6 is 15.9 Å². The van der Waals surface area contributed by atoms with Gasteiger partial charge in [-0.3, -0.25) is 4.79 Å². The van der Waals surface area contributed by atoms with Gasteiger partial charge in [-0.25, -0.2) is 8.42 Å². The summed E-state index contributed by atoms with van der Waals surface area (Å²) < 4.78 is 23.8. The Kier molecular flexibility index (Phi) is 4.51. The van der Waals surface area contributed by atoms with Crippen molar-refractivity contribution in [3.8, 4) is 12.3 Å². The van der Waals surface area contributed by atoms with E-state index < -0.39 is 9.84 Å². The van der Waals surface area contributed by atoms with Crippen LogP contribution in [0.4, 0.5) is 0 Å². The number of hydrogen-bond donors (Lipinski definition) is 0. The summed E-state index contributed by atoms with van der Waals surface area (Å²) in [6.45, 7) is 0.111. The highest BCUT2D eigenvalue weighted by molar-refractivity contribution is 9.10. The number of nitrogens with zero attached hydrogens (tertiary/aromatic N) is 1. The third-order valence-corrected chi connectivity index (χ3v) is 5.72. The van der Waals surface area contributed by atoms with Crippen LogP contribution < -0.4 is 0 Å². The number of sulfone groups is 1. The third-order valence-electron chi connectivity index (χ3n) is 3.28. The van der Waals surface area contributed by atoms with Crippen LogP contribution in [-0.4, -0.2) is 43.3 Å². The number of rotatable bonds is 3. The lowest BCUT2D eigenvalue weighted by molar-refractivity contribution is 0.0723. The molecule has 6 heteroatoms. The Balaban J connectivity index is 2.28. The Morgan fingerprint density at radius 2 is 2.15 bits per heavy atom. The van der Waals surface area contributed by atoms with E-state index >= 15 is 0 Å². The quantitative estimate of drug-likeness (QED) is 0.775. The lowest BCUT2D eigenvalue weighted by atomic mass is 10.1. The predicted molar refractivity (Wildman–Crippen MR) is 81.1 cm³/mol. The lowest BCUT2D eigenvalue weighted by Crippen LogP contribution is -2.41. The topological polar surface area (TPSA) is 54.5 Å². The van der Waals surface area contributed by atoms with Crippen molar-refractivity contribution in [3.63, 3.8) is 0 Å². The molecule has 0 aliphatic carbocycles. The first-order valence-corrected chi connectivity index (χ1v) is 8.75. The lowest BCUT2D eigenvalue weighted by Gasteiger charge is -2.26. The molecule has 20 heavy (non-hydrogen) atoms. The minimum Gasteiger partial charge on any atom is -0.323 e. The minimum absolute atomic E-state index is 0.00905. The van der Waals surface area contributed by atoms with E-state index in [1.807, 2.05) is 6.07 Å². The van der Waals surface area contributed by atoms with Crippen molar-refractivity contribution in [2.75, 3.05) is 18.1 Å². The monoisotopic (exact) mass is 355 g/mol. The molecule has 0 spiro atoms. The van der Waals surface area contributed by atoms with Gasteiger partial charge in [0.2, 0.25) is 0 Å². The summed E-state index contributed by atoms with van der Waals surface area (Å²) in [4.78, 5) is 14.0. The Morgan fingerprint density at radius 3 is 2.70 bits per heavy atom. The first-order valence-electron chi connectivity index (χ1n) is 6.14. The molecule has 2 rings (SSSR count). The van der Waals surface area contributed by atoms with Gasteiger partial charge in [-0.15, -0.1) is 6.42 Å². The zero-order valence-electron chi connectivity index (χ0n) is 10.8. The van der Waals surface area contributed by atoms with E-state index in [0.29, 0.717) is 16.5 Å². The number of hydrogen-bond acceptors (Lipinski definition) is 3. The molecule has 0 bridgehead atoms. The first-order chi connectivity index (χ1) is 9.44. The molecule has 0 radical (unpaired) electrons. The molecule has 1 amide bonds. The highest BCUT2D eigenvalue weighted by Crippen LogP contribution is 2.23. The molecule has 1 aromatic rings. The van der Waals surface area contributed by atoms with Crippen molar-refractivity contribution in [2.45, 2.75) is 12.5 Å². The van der Waals surface area contributed by atoms with Crippen molar-refractivity contribution in [2.24, 2.45) is 0 Å². The largest absolute Gasteiger partial charge is 0.323 e. The Hall–Kier alpha value is -1.32. The van der Waals surface area contributed by atoms with E-state index in [2.05, 4.69) is 21.9 Å². The normalized spacial score (nSPS) is 20.3. The fourth-order valence-corrected chi connectivity index (χ4v) is 4.46. The SMILES string of the molecule is C#CCN(C(=O)c1ccccc1Br)C1CCS(=O)(=O)C1. The molecule has 1 saturated heterocycles. The van der Waals surface area contributed by atoms with Crippen LogP contribution in [0.3, 0.4) is 0 Å². The average molecular weight is 356 g/mol. The zero-order chi connectivity index (χ0) is 14.8. The molecule has 1 unspecified atom stereocenters. The van der Waals surface area contributed by atoms with Gasteiger partial charge >= 0.3 is 0 Å². The summed E-state index contributed by atoms with van der Waals surface area (Å²) in [5, 5.41) is 0. The summed E-state index contributed by atoms with van der Waals surface area (Å²) in [6, 6.07) is 6.70. The van der Waals surface area contributed by atoms with E-state index in [9.17, 15) is 13.2 Å². The summed E-state index contributed by atoms with van der Waals surface area (Å²) in [5.74, 6) is 2.30. The zero-order valence-corrected chi connectivity index (χ0v) is 13.2. The maximum Gasteiger partial charge on any atom is 0.256 e. The first kappa shape index (κ1) is 15.1. The van der Waals surface area contributed by atoms with Gasteiger partial charge in [0.15, 0.2) is 9.84 Å². The smallest absolute Gasteiger partial charge is 0.256 e. The van der Waals surface area contributed by atoms with Crippen molar-refractivity contribution in [3.05, 3.63) is 34.3 Å². The van der Waals surface area contributed by atoms with Gasteiger partial charge in [-0.1, -0.05) is 18.1 Å². The maximum atomic E-state index is 12.6. The molecule has 1 aliphatic heterocycles. The van der Waals surface area contributed by atoms with Crippen LogP contribution in [0.25, 0.3) is 0 Å². The standard InChI is InChI=1S/C14H14BrNO3S/c1-2-8-16(11-7-9-20(18,19)10-11)14(17)12-5-3-4-6-13(12)15/h1,3-6,11H,7-10H2. The molecule has 4 nitrogen and oxygen atoms in total. The maximum absolute atomic E-state index is 12.6. The molecule has 106 valence electrons. The highest BCUT2D eigenvalue weighted by Gasteiger charge is 2.34. The molecule has 1 atom stereocenters. The van der Waals surface area contributed by atoms with Crippen LogP contribution in [0.2, 0.25) is 0 Å². The van der Waals surface area contributed by atoms with E-state index in [-0.39, 0.29) is 30.0 Å². The second kappa shape index (κ2) is 5.98. The van der Waals surface area contributed by atoms with Crippen LogP contribution in [0.5, 0.6) is 0 Å². The summed E-state index contributed by atoms with van der Waals surface area (Å²) in [7, 11) is -3.06. The molecule has 1 aromatic carbocycles. The highest BCUT2D eigenvalue weighted by atomic mass is 79.9. The van der Waals surface area contributed by atoms with Gasteiger partial charge in [0.05, 0.1) is 23.6 Å². The van der Waals surface area contributed by atoms with Gasteiger partial charge in [0.25, 0.3) is 5.91 Å². The summed E-state index contributed by atoms with van der Waals surface area (Å²) in [5.41, 5.74) is 0.493. The molecule has 1 fully saturated rings. The van der Waals surface area contributed by atoms with Crippen molar-refractivity contribution < 1.29 is 13.2 Å². The van der Waals surface area contributed by atoms with Gasteiger partial charge in [-0.2, -0.15) is 0 Å². The average Bonchev–Trinajstić information content (AvgIpc) is 2.76. The minimum atomic E-state index is -3.06. The van der Waals surface area contributed by atoms with Gasteiger partial charge in [-0.05, 0) is 34.5 Å². The molecular weight excluding hydrogens is 342 g/mol. The van der Waals surface area contributed by atoms with Gasteiger partial charge in [0, 0.05) is 10.5 Å². The number of amides is 1. The van der Waals surface area contributed by atoms with Crippen molar-refractivity contribution in [1.82, 2.24) is 4.90 Å². The molecule has 1 aliphatic rings. The van der Waals surface area contributed by atoms with E-state index in [4.69, 9.17) is 6.42 Å². The van der Waals surface area contributed by atoms with Crippen LogP contribution in [0.15, 0.2) is 28.7 Å². The summed E-state index contributed by atoms with van der Waals surface area (Å²) in [6.07, 6.45) is 5.76. The van der Waals surface area contributed by atoms with Crippen LogP contribution in [0.1, 0.15) is 16.8 Å². The number of halogens is 1. The Labute approximate surface area is 127 Å². The number of carbonyl (C=O) groups excluding carboxylic acids is 1. The third kappa shape index (κ3) is 3.22. The van der Waals surface area contributed by atoms with Gasteiger partial charge in [0.1, 0.15) is 0 Å². The molecule has 1 heterocycles. The van der Waals surface area contributed by atoms with Crippen LogP contribution in [0, 0.1) is 12.3 Å². The second-order valence-electron chi connectivity index (χ2n) is 4.67. The molecule has 0 aromatic heterocycles. The number of benzene rings is 1. The molecule has 0 saturated carbocycles. The van der Waals surface area contributed by atoms with Crippen LogP contribution in [-0.2, 0) is 9.84 Å². The summed E-state index contributed by atoms with van der Waals surface area (Å²) >= 11 is 3.33. The Morgan fingerprint density at radius 1 is 1.45 bits per heavy atom. The molecular formula is C14H14BrNO3S. The second-order valence-corrected chi connectivity index (χ2v) is 7.76. The number of carbonyl (C=O) groups is 1. The number of terminal acetylenes is 1. The van der Waals surface area contributed by atoms with E-state index in [0.717, 1.165) is 0 Å². The van der Waals surface area contributed by atoms with Crippen molar-refractivity contribution >= 4 is 31.7 Å². The fraction of sp³-hybridized carbons (Fsp3) is 0.357. The van der Waals surface area contributed by atoms with Gasteiger partial charge < -0.3 is 4.90 Å². The Bertz CT molecular complexity index is 663. The molecule has 0 N–H and O–H groups in total. The fourth-order valence-electron chi connectivity index (χ4n) is 2.28. The van der Waals surface area contributed by atoms with E-state index in [1.165, 1.54) is 4.90 Å². The van der Waals surface area contributed by atoms with E-state index in [1.54, 1.807) is 18.2 Å². The predicted octanol–water partition coefficient (Wildman–Crippen LogP) is 1.71.